The van der Waals surface area contributed by atoms with Crippen LogP contribution in [0, 0.1) is 0 Å². The maximum absolute atomic E-state index is 12.8. The molecule has 10 nitrogen and oxygen atoms in total. The zero-order valence-electron chi connectivity index (χ0n) is 16.9. The fraction of sp³-hybridized carbons (Fsp3) is 0.333. The van der Waals surface area contributed by atoms with Crippen molar-refractivity contribution in [2.75, 3.05) is 11.9 Å². The number of nitrogens with one attached hydrogen (secondary N) is 1. The molecule has 0 saturated carbocycles. The van der Waals surface area contributed by atoms with Gasteiger partial charge in [-0.15, -0.1) is 10.2 Å². The van der Waals surface area contributed by atoms with Crippen molar-refractivity contribution in [2.45, 2.75) is 38.8 Å². The van der Waals surface area contributed by atoms with E-state index in [2.05, 4.69) is 37.0 Å². The SMILES string of the molecule is C[C@@H]1CCc2nnc(-c3cccc(NC(=O)c4cc5c(cn4)CCN(C(=O)O)C5)n3)n21. The van der Waals surface area contributed by atoms with Crippen LogP contribution >= 0.6 is 0 Å². The van der Waals surface area contributed by atoms with Crippen LogP contribution in [0.3, 0.4) is 0 Å². The lowest BCUT2D eigenvalue weighted by atomic mass is 10.0. The summed E-state index contributed by atoms with van der Waals surface area (Å²) in [5.74, 6) is 1.63. The molecule has 2 aliphatic heterocycles. The molecule has 0 aliphatic carbocycles. The molecule has 2 amide bonds. The van der Waals surface area contributed by atoms with E-state index in [0.29, 0.717) is 36.3 Å². The molecule has 2 aliphatic rings. The number of hydrogen-bond acceptors (Lipinski definition) is 6. The Hall–Kier alpha value is -3.82. The average molecular weight is 419 g/mol. The lowest BCUT2D eigenvalue weighted by Crippen LogP contribution is -2.35. The number of rotatable bonds is 3. The monoisotopic (exact) mass is 419 g/mol. The van der Waals surface area contributed by atoms with Crippen molar-refractivity contribution >= 4 is 17.8 Å². The molecule has 2 N–H and O–H groups in total. The summed E-state index contributed by atoms with van der Waals surface area (Å²) >= 11 is 0. The smallest absolute Gasteiger partial charge is 0.407 e. The zero-order chi connectivity index (χ0) is 21.5. The van der Waals surface area contributed by atoms with Gasteiger partial charge >= 0.3 is 6.09 Å². The molecular formula is C21H21N7O3. The van der Waals surface area contributed by atoms with Crippen LogP contribution < -0.4 is 5.32 Å². The normalized spacial score (nSPS) is 17.2. The van der Waals surface area contributed by atoms with Crippen LogP contribution in [-0.4, -0.2) is 53.3 Å². The highest BCUT2D eigenvalue weighted by atomic mass is 16.4. The molecule has 0 fully saturated rings. The van der Waals surface area contributed by atoms with Crippen LogP contribution in [0.1, 0.15) is 46.8 Å². The van der Waals surface area contributed by atoms with Gasteiger partial charge in [0.05, 0.1) is 0 Å². The molecule has 0 radical (unpaired) electrons. The second kappa shape index (κ2) is 7.46. The third kappa shape index (κ3) is 3.49. The van der Waals surface area contributed by atoms with E-state index < -0.39 is 12.0 Å². The molecular weight excluding hydrogens is 398 g/mol. The summed E-state index contributed by atoms with van der Waals surface area (Å²) < 4.78 is 2.09. The van der Waals surface area contributed by atoms with Crippen LogP contribution in [0.2, 0.25) is 0 Å². The van der Waals surface area contributed by atoms with Crippen LogP contribution in [0.15, 0.2) is 30.5 Å². The molecule has 10 heteroatoms. The quantitative estimate of drug-likeness (QED) is 0.668. The first-order chi connectivity index (χ1) is 15.0. The van der Waals surface area contributed by atoms with Crippen LogP contribution in [-0.2, 0) is 19.4 Å². The number of aryl methyl sites for hydroxylation is 1. The fourth-order valence-electron chi connectivity index (χ4n) is 4.13. The summed E-state index contributed by atoms with van der Waals surface area (Å²) in [4.78, 5) is 34.2. The van der Waals surface area contributed by atoms with Crippen LogP contribution in [0.25, 0.3) is 11.5 Å². The summed E-state index contributed by atoms with van der Waals surface area (Å²) in [6.45, 7) is 2.80. The van der Waals surface area contributed by atoms with Crippen molar-refractivity contribution in [1.82, 2.24) is 29.6 Å². The second-order valence-corrected chi connectivity index (χ2v) is 7.85. The molecule has 158 valence electrons. The third-order valence-corrected chi connectivity index (χ3v) is 5.81. The molecule has 5 heterocycles. The highest BCUT2D eigenvalue weighted by Crippen LogP contribution is 2.30. The number of fused-ring (bicyclic) bond motifs is 2. The summed E-state index contributed by atoms with van der Waals surface area (Å²) in [6, 6.07) is 7.32. The van der Waals surface area contributed by atoms with Crippen molar-refractivity contribution in [1.29, 1.82) is 0 Å². The van der Waals surface area contributed by atoms with E-state index in [1.165, 1.54) is 4.90 Å². The van der Waals surface area contributed by atoms with Gasteiger partial charge < -0.3 is 19.9 Å². The van der Waals surface area contributed by atoms with Crippen LogP contribution in [0.5, 0.6) is 0 Å². The van der Waals surface area contributed by atoms with Crippen molar-refractivity contribution in [3.05, 3.63) is 53.1 Å². The van der Waals surface area contributed by atoms with Gasteiger partial charge in [-0.1, -0.05) is 6.07 Å². The van der Waals surface area contributed by atoms with Gasteiger partial charge in [-0.2, -0.15) is 0 Å². The number of carboxylic acid groups (broad SMARTS) is 1. The molecule has 0 spiro atoms. The largest absolute Gasteiger partial charge is 0.465 e. The van der Waals surface area contributed by atoms with E-state index in [9.17, 15) is 14.7 Å². The van der Waals surface area contributed by atoms with Gasteiger partial charge in [0.25, 0.3) is 5.91 Å². The molecule has 31 heavy (non-hydrogen) atoms. The van der Waals surface area contributed by atoms with Gasteiger partial charge in [0, 0.05) is 31.7 Å². The maximum atomic E-state index is 12.8. The molecule has 5 rings (SSSR count). The summed E-state index contributed by atoms with van der Waals surface area (Å²) in [6.07, 6.45) is 3.18. The van der Waals surface area contributed by atoms with Gasteiger partial charge in [-0.25, -0.2) is 9.78 Å². The predicted molar refractivity (Wildman–Crippen MR) is 111 cm³/mol. The molecule has 3 aromatic rings. The predicted octanol–water partition coefficient (Wildman–Crippen LogP) is 2.53. The van der Waals surface area contributed by atoms with Crippen molar-refractivity contribution < 1.29 is 14.7 Å². The number of anilines is 1. The van der Waals surface area contributed by atoms with E-state index in [1.54, 1.807) is 18.3 Å². The minimum absolute atomic E-state index is 0.218. The van der Waals surface area contributed by atoms with E-state index >= 15 is 0 Å². The van der Waals surface area contributed by atoms with E-state index in [0.717, 1.165) is 29.8 Å². The highest BCUT2D eigenvalue weighted by Gasteiger charge is 2.25. The maximum Gasteiger partial charge on any atom is 0.407 e. The average Bonchev–Trinajstić information content (AvgIpc) is 3.36. The number of carbonyl (C=O) groups is 2. The summed E-state index contributed by atoms with van der Waals surface area (Å²) in [5, 5.41) is 20.5. The third-order valence-electron chi connectivity index (χ3n) is 5.81. The lowest BCUT2D eigenvalue weighted by molar-refractivity contribution is 0.102. The standard InChI is InChI=1S/C21H21N7O3/c1-12-5-6-18-25-26-19(28(12)18)15-3-2-4-17(23-15)24-20(29)16-9-14-11-27(21(30)31)8-7-13(14)10-22-16/h2-4,9-10,12H,5-8,11H2,1H3,(H,30,31)(H,23,24,29)/t12-/m1/s1. The number of amides is 2. The Morgan fingerprint density at radius 3 is 2.90 bits per heavy atom. The Morgan fingerprint density at radius 2 is 2.06 bits per heavy atom. The Morgan fingerprint density at radius 1 is 1.19 bits per heavy atom. The minimum Gasteiger partial charge on any atom is -0.465 e. The first-order valence-corrected chi connectivity index (χ1v) is 10.2. The first-order valence-electron chi connectivity index (χ1n) is 10.2. The van der Waals surface area contributed by atoms with E-state index in [4.69, 9.17) is 0 Å². The van der Waals surface area contributed by atoms with Gasteiger partial charge in [-0.05, 0) is 49.1 Å². The molecule has 3 aromatic heterocycles. The zero-order valence-corrected chi connectivity index (χ0v) is 16.9. The number of pyridine rings is 2. The summed E-state index contributed by atoms with van der Waals surface area (Å²) in [5.41, 5.74) is 2.61. The lowest BCUT2D eigenvalue weighted by Gasteiger charge is -2.26. The fourth-order valence-corrected chi connectivity index (χ4v) is 4.13. The van der Waals surface area contributed by atoms with Gasteiger partial charge in [0.15, 0.2) is 5.82 Å². The summed E-state index contributed by atoms with van der Waals surface area (Å²) in [7, 11) is 0. The van der Waals surface area contributed by atoms with Gasteiger partial charge in [-0.3, -0.25) is 9.78 Å². The van der Waals surface area contributed by atoms with Crippen molar-refractivity contribution in [3.63, 3.8) is 0 Å². The van der Waals surface area contributed by atoms with Crippen molar-refractivity contribution in [2.24, 2.45) is 0 Å². The number of nitrogens with zero attached hydrogens (tertiary/aromatic N) is 6. The molecule has 0 saturated heterocycles. The van der Waals surface area contributed by atoms with Gasteiger partial charge in [0.2, 0.25) is 0 Å². The topological polar surface area (TPSA) is 126 Å². The van der Waals surface area contributed by atoms with E-state index in [-0.39, 0.29) is 12.2 Å². The Balaban J connectivity index is 1.37. The number of hydrogen-bond donors (Lipinski definition) is 2. The number of carbonyl (C=O) groups excluding carboxylic acids is 1. The Labute approximate surface area is 178 Å². The Kier molecular flexibility index (Phi) is 4.61. The molecule has 0 unspecified atom stereocenters. The first kappa shape index (κ1) is 19.2. The highest BCUT2D eigenvalue weighted by molar-refractivity contribution is 6.02. The molecule has 0 aromatic carbocycles. The second-order valence-electron chi connectivity index (χ2n) is 7.85. The Bertz CT molecular complexity index is 1190. The number of aromatic nitrogens is 5. The van der Waals surface area contributed by atoms with Crippen molar-refractivity contribution in [3.8, 4) is 11.5 Å². The molecule has 0 bridgehead atoms. The molecule has 1 atom stereocenters. The minimum atomic E-state index is -0.969. The van der Waals surface area contributed by atoms with Crippen LogP contribution in [0.4, 0.5) is 10.6 Å². The van der Waals surface area contributed by atoms with Gasteiger partial charge in [0.1, 0.15) is 23.0 Å². The van der Waals surface area contributed by atoms with E-state index in [1.807, 2.05) is 12.1 Å².